The van der Waals surface area contributed by atoms with Crippen LogP contribution in [0.4, 0.5) is 5.69 Å². The number of hydrogen-bond donors (Lipinski definition) is 2. The molecule has 2 aromatic carbocycles. The van der Waals surface area contributed by atoms with Gasteiger partial charge in [0.05, 0.1) is 5.69 Å². The van der Waals surface area contributed by atoms with Gasteiger partial charge in [0.25, 0.3) is 11.5 Å². The molecule has 0 unspecified atom stereocenters. The predicted molar refractivity (Wildman–Crippen MR) is 101 cm³/mol. The van der Waals surface area contributed by atoms with E-state index in [-0.39, 0.29) is 5.56 Å². The third-order valence-corrected chi connectivity index (χ3v) is 4.86. The quantitative estimate of drug-likeness (QED) is 0.656. The Morgan fingerprint density at radius 3 is 2.70 bits per heavy atom. The molecule has 0 saturated carbocycles. The number of anilines is 1. The smallest absolute Gasteiger partial charge is 0.260 e. The molecule has 3 aromatic rings. The van der Waals surface area contributed by atoms with Gasteiger partial charge in [-0.25, -0.2) is 0 Å². The fraction of sp³-hybridized carbons (Fsp3) is 0.200. The average Bonchev–Trinajstić information content (AvgIpc) is 2.69. The van der Waals surface area contributed by atoms with E-state index >= 15 is 0 Å². The van der Waals surface area contributed by atoms with Crippen LogP contribution in [0, 0.1) is 0 Å². The molecule has 0 saturated heterocycles. The molecule has 7 heteroatoms. The Hall–Kier alpha value is -3.48. The molecular formula is C20H17N3O4. The highest BCUT2D eigenvalue weighted by Gasteiger charge is 2.22. The third-order valence-electron chi connectivity index (χ3n) is 4.86. The summed E-state index contributed by atoms with van der Waals surface area (Å²) in [7, 11) is 0. The van der Waals surface area contributed by atoms with E-state index < -0.39 is 22.3 Å². The summed E-state index contributed by atoms with van der Waals surface area (Å²) < 4.78 is 0. The summed E-state index contributed by atoms with van der Waals surface area (Å²) in [4.78, 5) is 51.0. The topological polar surface area (TPSA) is 99.3 Å². The first-order valence-corrected chi connectivity index (χ1v) is 8.65. The van der Waals surface area contributed by atoms with E-state index in [1.54, 1.807) is 6.07 Å². The van der Waals surface area contributed by atoms with Gasteiger partial charge in [0.2, 0.25) is 10.9 Å². The van der Waals surface area contributed by atoms with E-state index in [1.807, 2.05) is 23.1 Å². The highest BCUT2D eigenvalue weighted by atomic mass is 16.2. The Kier molecular flexibility index (Phi) is 4.19. The van der Waals surface area contributed by atoms with Crippen molar-refractivity contribution in [3.63, 3.8) is 0 Å². The van der Waals surface area contributed by atoms with Crippen LogP contribution in [0.2, 0.25) is 0 Å². The van der Waals surface area contributed by atoms with Crippen LogP contribution in [0.25, 0.3) is 0 Å². The van der Waals surface area contributed by atoms with E-state index in [2.05, 4.69) is 10.3 Å². The van der Waals surface area contributed by atoms with Crippen molar-refractivity contribution in [2.24, 2.45) is 0 Å². The summed E-state index contributed by atoms with van der Waals surface area (Å²) in [5.74, 6) is -0.431. The fourth-order valence-corrected chi connectivity index (χ4v) is 3.34. The van der Waals surface area contributed by atoms with Crippen molar-refractivity contribution in [1.82, 2.24) is 10.3 Å². The van der Waals surface area contributed by atoms with E-state index in [4.69, 9.17) is 0 Å². The van der Waals surface area contributed by atoms with Crippen LogP contribution in [-0.2, 0) is 19.5 Å². The number of rotatable bonds is 4. The molecule has 0 spiro atoms. The van der Waals surface area contributed by atoms with Crippen LogP contribution in [0.15, 0.2) is 57.0 Å². The average molecular weight is 363 g/mol. The Morgan fingerprint density at radius 1 is 1.11 bits per heavy atom. The SMILES string of the molecule is O=C(NCc1ccc2c(c1)CN(c1cc(=O)c1=O)CC2)c1ccc[nH]c1=O. The Labute approximate surface area is 154 Å². The van der Waals surface area contributed by atoms with Gasteiger partial charge in [-0.1, -0.05) is 18.2 Å². The second kappa shape index (κ2) is 6.68. The highest BCUT2D eigenvalue weighted by molar-refractivity contribution is 5.93. The molecule has 1 aliphatic rings. The van der Waals surface area contributed by atoms with Gasteiger partial charge in [0, 0.05) is 31.9 Å². The van der Waals surface area contributed by atoms with Crippen molar-refractivity contribution in [1.29, 1.82) is 0 Å². The Morgan fingerprint density at radius 2 is 1.96 bits per heavy atom. The minimum absolute atomic E-state index is 0.0711. The largest absolute Gasteiger partial charge is 0.363 e. The van der Waals surface area contributed by atoms with Gasteiger partial charge in [-0.2, -0.15) is 0 Å². The second-order valence-electron chi connectivity index (χ2n) is 6.59. The summed E-state index contributed by atoms with van der Waals surface area (Å²) in [6, 6.07) is 10.4. The van der Waals surface area contributed by atoms with Crippen molar-refractivity contribution in [3.05, 3.63) is 95.6 Å². The highest BCUT2D eigenvalue weighted by Crippen LogP contribution is 2.23. The maximum absolute atomic E-state index is 12.2. The number of pyridine rings is 1. The minimum atomic E-state index is -0.442. The summed E-state index contributed by atoms with van der Waals surface area (Å²) in [6.07, 6.45) is 2.27. The minimum Gasteiger partial charge on any atom is -0.363 e. The lowest BCUT2D eigenvalue weighted by Gasteiger charge is -2.31. The number of carbonyl (C=O) groups is 1. The number of H-pyrrole nitrogens is 1. The molecule has 136 valence electrons. The molecule has 0 aliphatic carbocycles. The first-order valence-electron chi connectivity index (χ1n) is 8.65. The van der Waals surface area contributed by atoms with E-state index in [0.29, 0.717) is 25.3 Å². The summed E-state index contributed by atoms with van der Waals surface area (Å²) in [5.41, 5.74) is 2.43. The monoisotopic (exact) mass is 363 g/mol. The van der Waals surface area contributed by atoms with Crippen molar-refractivity contribution in [2.45, 2.75) is 19.5 Å². The van der Waals surface area contributed by atoms with E-state index in [9.17, 15) is 19.2 Å². The van der Waals surface area contributed by atoms with Crippen LogP contribution in [0.5, 0.6) is 0 Å². The molecule has 1 aliphatic heterocycles. The zero-order valence-corrected chi connectivity index (χ0v) is 14.5. The molecule has 0 atom stereocenters. The van der Waals surface area contributed by atoms with Crippen molar-refractivity contribution in [3.8, 4) is 0 Å². The molecular weight excluding hydrogens is 346 g/mol. The zero-order chi connectivity index (χ0) is 19.0. The van der Waals surface area contributed by atoms with Crippen LogP contribution < -0.4 is 26.6 Å². The number of aromatic nitrogens is 1. The van der Waals surface area contributed by atoms with Gasteiger partial charge < -0.3 is 15.2 Å². The lowest BCUT2D eigenvalue weighted by molar-refractivity contribution is 0.0949. The number of amides is 1. The van der Waals surface area contributed by atoms with Gasteiger partial charge in [-0.3, -0.25) is 19.2 Å². The van der Waals surface area contributed by atoms with Gasteiger partial charge in [0.15, 0.2) is 0 Å². The Balaban J connectivity index is 1.47. The molecule has 2 N–H and O–H groups in total. The molecule has 7 nitrogen and oxygen atoms in total. The van der Waals surface area contributed by atoms with Gasteiger partial charge in [0.1, 0.15) is 5.56 Å². The number of fused-ring (bicyclic) bond motifs is 1. The van der Waals surface area contributed by atoms with Gasteiger partial charge >= 0.3 is 0 Å². The number of nitrogens with one attached hydrogen (secondary N) is 2. The first kappa shape index (κ1) is 17.0. The van der Waals surface area contributed by atoms with Crippen molar-refractivity contribution >= 4 is 11.6 Å². The molecule has 1 amide bonds. The van der Waals surface area contributed by atoms with Crippen LogP contribution in [-0.4, -0.2) is 17.4 Å². The number of aromatic amines is 1. The lowest BCUT2D eigenvalue weighted by Crippen LogP contribution is -2.41. The number of carbonyl (C=O) groups excluding carboxylic acids is 1. The fourth-order valence-electron chi connectivity index (χ4n) is 3.34. The normalized spacial score (nSPS) is 13.4. The van der Waals surface area contributed by atoms with Crippen molar-refractivity contribution in [2.75, 3.05) is 11.4 Å². The summed E-state index contributed by atoms with van der Waals surface area (Å²) in [6.45, 7) is 1.55. The Bertz CT molecular complexity index is 1150. The molecule has 0 bridgehead atoms. The number of hydrogen-bond acceptors (Lipinski definition) is 5. The van der Waals surface area contributed by atoms with E-state index in [1.165, 1.54) is 23.9 Å². The molecule has 0 fully saturated rings. The zero-order valence-electron chi connectivity index (χ0n) is 14.5. The summed E-state index contributed by atoms with van der Waals surface area (Å²) in [5, 5.41) is 2.75. The number of nitrogens with zero attached hydrogens (tertiary/aromatic N) is 1. The molecule has 2 heterocycles. The lowest BCUT2D eigenvalue weighted by atomic mass is 9.96. The first-order chi connectivity index (χ1) is 13.0. The van der Waals surface area contributed by atoms with E-state index in [0.717, 1.165) is 17.5 Å². The standard InChI is InChI=1S/C20H17N3O4/c24-17-9-16(18(17)25)23-7-5-13-4-3-12(8-14(13)11-23)10-22-20(27)15-2-1-6-21-19(15)26/h1-4,6,8-9H,5,7,10-11H2,(H,21,26)(H,22,27). The molecule has 1 aromatic heterocycles. The second-order valence-corrected chi connectivity index (χ2v) is 6.59. The van der Waals surface area contributed by atoms with Gasteiger partial charge in [-0.15, -0.1) is 0 Å². The maximum Gasteiger partial charge on any atom is 0.260 e. The third kappa shape index (κ3) is 3.19. The van der Waals surface area contributed by atoms with Crippen LogP contribution in [0.1, 0.15) is 27.0 Å². The maximum atomic E-state index is 12.2. The summed E-state index contributed by atoms with van der Waals surface area (Å²) >= 11 is 0. The van der Waals surface area contributed by atoms with Gasteiger partial charge in [-0.05, 0) is 35.2 Å². The molecule has 0 radical (unpaired) electrons. The van der Waals surface area contributed by atoms with Crippen LogP contribution in [0.3, 0.4) is 0 Å². The van der Waals surface area contributed by atoms with Crippen molar-refractivity contribution < 1.29 is 4.79 Å². The molecule has 27 heavy (non-hydrogen) atoms. The number of benzene rings is 1. The predicted octanol–water partition coefficient (Wildman–Crippen LogP) is 0.464. The van der Waals surface area contributed by atoms with Crippen LogP contribution >= 0.6 is 0 Å². The molecule has 4 rings (SSSR count).